The third kappa shape index (κ3) is 7.18. The lowest BCUT2D eigenvalue weighted by molar-refractivity contribution is -0.139. The van der Waals surface area contributed by atoms with Crippen LogP contribution in [0.3, 0.4) is 0 Å². The molecule has 1 N–H and O–H groups in total. The van der Waals surface area contributed by atoms with Crippen molar-refractivity contribution < 1.29 is 18.0 Å². The van der Waals surface area contributed by atoms with Gasteiger partial charge in [-0.1, -0.05) is 76.6 Å². The SMILES string of the molecule is CNC(=O)[C@H](Cc1ccccc1)N(Cc1ccccc1)C(=O)CN(c1ccc(Br)c(C)c1)S(C)(=O)=O. The zero-order valence-electron chi connectivity index (χ0n) is 20.5. The fourth-order valence-electron chi connectivity index (χ4n) is 3.90. The summed E-state index contributed by atoms with van der Waals surface area (Å²) in [5, 5.41) is 2.67. The molecule has 0 fully saturated rings. The van der Waals surface area contributed by atoms with Crippen molar-refractivity contribution in [1.82, 2.24) is 10.2 Å². The van der Waals surface area contributed by atoms with Crippen molar-refractivity contribution >= 4 is 43.5 Å². The predicted octanol–water partition coefficient (Wildman–Crippen LogP) is 3.91. The molecular weight excluding hydrogens is 542 g/mol. The molecule has 7 nitrogen and oxygen atoms in total. The summed E-state index contributed by atoms with van der Waals surface area (Å²) < 4.78 is 27.4. The van der Waals surface area contributed by atoms with E-state index in [-0.39, 0.29) is 18.9 Å². The number of aryl methyl sites for hydroxylation is 1. The Hall–Kier alpha value is -3.17. The third-order valence-electron chi connectivity index (χ3n) is 5.82. The summed E-state index contributed by atoms with van der Waals surface area (Å²) in [5.74, 6) is -0.803. The largest absolute Gasteiger partial charge is 0.357 e. The van der Waals surface area contributed by atoms with Gasteiger partial charge in [0.1, 0.15) is 12.6 Å². The van der Waals surface area contributed by atoms with Crippen LogP contribution in [0.4, 0.5) is 5.69 Å². The van der Waals surface area contributed by atoms with E-state index < -0.39 is 28.5 Å². The first kappa shape index (κ1) is 27.4. The molecule has 0 radical (unpaired) electrons. The number of rotatable bonds is 10. The monoisotopic (exact) mass is 571 g/mol. The maximum Gasteiger partial charge on any atom is 0.244 e. The highest BCUT2D eigenvalue weighted by atomic mass is 79.9. The minimum Gasteiger partial charge on any atom is -0.357 e. The molecule has 0 unspecified atom stereocenters. The normalized spacial score (nSPS) is 12.0. The Labute approximate surface area is 221 Å². The van der Waals surface area contributed by atoms with E-state index in [1.54, 1.807) is 18.2 Å². The topological polar surface area (TPSA) is 86.8 Å². The van der Waals surface area contributed by atoms with Gasteiger partial charge in [-0.2, -0.15) is 0 Å². The van der Waals surface area contributed by atoms with E-state index in [0.29, 0.717) is 5.69 Å². The van der Waals surface area contributed by atoms with Crippen molar-refractivity contribution in [3.8, 4) is 0 Å². The van der Waals surface area contributed by atoms with E-state index >= 15 is 0 Å². The van der Waals surface area contributed by atoms with E-state index in [1.165, 1.54) is 11.9 Å². The average molecular weight is 573 g/mol. The summed E-state index contributed by atoms with van der Waals surface area (Å²) >= 11 is 3.43. The quantitative estimate of drug-likeness (QED) is 0.399. The number of carbonyl (C=O) groups excluding carboxylic acids is 2. The first-order valence-corrected chi connectivity index (χ1v) is 14.1. The molecule has 0 heterocycles. The Morgan fingerprint density at radius 3 is 2.06 bits per heavy atom. The Morgan fingerprint density at radius 2 is 1.53 bits per heavy atom. The van der Waals surface area contributed by atoms with Gasteiger partial charge in [0, 0.05) is 24.5 Å². The number of hydrogen-bond acceptors (Lipinski definition) is 4. The number of sulfonamides is 1. The molecule has 0 spiro atoms. The Kier molecular flexibility index (Phi) is 9.28. The molecule has 0 aromatic heterocycles. The summed E-state index contributed by atoms with van der Waals surface area (Å²) in [4.78, 5) is 28.3. The van der Waals surface area contributed by atoms with Crippen molar-refractivity contribution in [2.45, 2.75) is 25.9 Å². The van der Waals surface area contributed by atoms with Gasteiger partial charge in [-0.3, -0.25) is 13.9 Å². The van der Waals surface area contributed by atoms with Gasteiger partial charge in [-0.25, -0.2) is 8.42 Å². The van der Waals surface area contributed by atoms with Crippen LogP contribution in [-0.2, 0) is 32.6 Å². The van der Waals surface area contributed by atoms with Gasteiger partial charge in [-0.15, -0.1) is 0 Å². The summed E-state index contributed by atoms with van der Waals surface area (Å²) in [5.41, 5.74) is 2.94. The molecule has 0 aliphatic heterocycles. The molecule has 2 amide bonds. The summed E-state index contributed by atoms with van der Waals surface area (Å²) in [6.07, 6.45) is 1.36. The molecule has 0 bridgehead atoms. The van der Waals surface area contributed by atoms with Gasteiger partial charge in [0.25, 0.3) is 0 Å². The van der Waals surface area contributed by atoms with Crippen LogP contribution >= 0.6 is 15.9 Å². The molecule has 190 valence electrons. The second-order valence-corrected chi connectivity index (χ2v) is 11.3. The zero-order chi connectivity index (χ0) is 26.3. The number of carbonyl (C=O) groups is 2. The predicted molar refractivity (Wildman–Crippen MR) is 146 cm³/mol. The molecule has 0 saturated heterocycles. The highest BCUT2D eigenvalue weighted by molar-refractivity contribution is 9.10. The number of hydrogen-bond donors (Lipinski definition) is 1. The summed E-state index contributed by atoms with van der Waals surface area (Å²) in [6.45, 7) is 1.57. The smallest absolute Gasteiger partial charge is 0.244 e. The second kappa shape index (κ2) is 12.2. The number of halogens is 1. The van der Waals surface area contributed by atoms with Crippen LogP contribution in [0.2, 0.25) is 0 Å². The van der Waals surface area contributed by atoms with Gasteiger partial charge in [-0.05, 0) is 41.8 Å². The van der Waals surface area contributed by atoms with Crippen molar-refractivity contribution in [2.24, 2.45) is 0 Å². The maximum absolute atomic E-state index is 13.8. The number of anilines is 1. The van der Waals surface area contributed by atoms with Crippen molar-refractivity contribution in [1.29, 1.82) is 0 Å². The third-order valence-corrected chi connectivity index (χ3v) is 7.85. The number of benzene rings is 3. The molecule has 1 atom stereocenters. The number of likely N-dealkylation sites (N-methyl/N-ethyl adjacent to an activating group) is 1. The molecule has 0 saturated carbocycles. The van der Waals surface area contributed by atoms with Crippen molar-refractivity contribution in [3.05, 3.63) is 100 Å². The van der Waals surface area contributed by atoms with Gasteiger partial charge in [0.2, 0.25) is 21.8 Å². The standard InChI is InChI=1S/C27H30BrN3O4S/c1-20-16-23(14-15-24(20)28)31(36(3,34)35)19-26(32)30(18-22-12-8-5-9-13-22)25(27(33)29-2)17-21-10-6-4-7-11-21/h4-16,25H,17-19H2,1-3H3,(H,29,33)/t25-/m0/s1. The van der Waals surface area contributed by atoms with E-state index in [1.807, 2.05) is 67.6 Å². The summed E-state index contributed by atoms with van der Waals surface area (Å²) in [7, 11) is -2.26. The van der Waals surface area contributed by atoms with E-state index in [0.717, 1.165) is 31.7 Å². The minimum atomic E-state index is -3.79. The first-order chi connectivity index (χ1) is 17.1. The van der Waals surface area contributed by atoms with E-state index in [4.69, 9.17) is 0 Å². The molecule has 3 aromatic rings. The maximum atomic E-state index is 13.8. The highest BCUT2D eigenvalue weighted by Crippen LogP contribution is 2.25. The van der Waals surface area contributed by atoms with E-state index in [2.05, 4.69) is 21.2 Å². The molecular formula is C27H30BrN3O4S. The Bertz CT molecular complexity index is 1300. The highest BCUT2D eigenvalue weighted by Gasteiger charge is 2.32. The fourth-order valence-corrected chi connectivity index (χ4v) is 4.99. The molecule has 0 aliphatic rings. The Morgan fingerprint density at radius 1 is 0.944 bits per heavy atom. The second-order valence-electron chi connectivity index (χ2n) is 8.53. The Balaban J connectivity index is 2.01. The zero-order valence-corrected chi connectivity index (χ0v) is 22.9. The lowest BCUT2D eigenvalue weighted by Crippen LogP contribution is -2.52. The molecule has 0 aliphatic carbocycles. The van der Waals surface area contributed by atoms with Crippen LogP contribution in [0.1, 0.15) is 16.7 Å². The van der Waals surface area contributed by atoms with Crippen LogP contribution < -0.4 is 9.62 Å². The van der Waals surface area contributed by atoms with Crippen LogP contribution in [0.5, 0.6) is 0 Å². The minimum absolute atomic E-state index is 0.154. The molecule has 3 rings (SSSR count). The van der Waals surface area contributed by atoms with Crippen molar-refractivity contribution in [3.63, 3.8) is 0 Å². The number of amides is 2. The van der Waals surface area contributed by atoms with Crippen molar-refractivity contribution in [2.75, 3.05) is 24.2 Å². The van der Waals surface area contributed by atoms with Crippen LogP contribution in [0.15, 0.2) is 83.3 Å². The lowest BCUT2D eigenvalue weighted by Gasteiger charge is -2.33. The molecule has 36 heavy (non-hydrogen) atoms. The van der Waals surface area contributed by atoms with Gasteiger partial charge in [0.15, 0.2) is 0 Å². The average Bonchev–Trinajstić information content (AvgIpc) is 2.86. The van der Waals surface area contributed by atoms with Gasteiger partial charge < -0.3 is 10.2 Å². The summed E-state index contributed by atoms with van der Waals surface area (Å²) in [6, 6.07) is 23.0. The van der Waals surface area contributed by atoms with Crippen LogP contribution in [0.25, 0.3) is 0 Å². The lowest BCUT2D eigenvalue weighted by atomic mass is 10.0. The molecule has 9 heteroatoms. The molecule has 3 aromatic carbocycles. The van der Waals surface area contributed by atoms with E-state index in [9.17, 15) is 18.0 Å². The van der Waals surface area contributed by atoms with Crippen LogP contribution in [0, 0.1) is 6.92 Å². The van der Waals surface area contributed by atoms with Crippen LogP contribution in [-0.4, -0.2) is 51.0 Å². The number of nitrogens with one attached hydrogen (secondary N) is 1. The van der Waals surface area contributed by atoms with Gasteiger partial charge in [0.05, 0.1) is 11.9 Å². The van der Waals surface area contributed by atoms with Gasteiger partial charge >= 0.3 is 0 Å². The number of nitrogens with zero attached hydrogens (tertiary/aromatic N) is 2. The first-order valence-electron chi connectivity index (χ1n) is 11.4. The fraction of sp³-hybridized carbons (Fsp3) is 0.259.